The Morgan fingerprint density at radius 1 is 1.59 bits per heavy atom. The third kappa shape index (κ3) is 3.28. The van der Waals surface area contributed by atoms with Crippen LogP contribution < -0.4 is 0 Å². The predicted molar refractivity (Wildman–Crippen MR) is 67.6 cm³/mol. The number of pyridine rings is 1. The first-order valence-electron chi connectivity index (χ1n) is 4.88. The average Bonchev–Trinajstić information content (AvgIpc) is 2.73. The van der Waals surface area contributed by atoms with Gasteiger partial charge in [0.2, 0.25) is 0 Å². The van der Waals surface area contributed by atoms with E-state index in [1.54, 1.807) is 17.4 Å². The molecule has 0 saturated heterocycles. The van der Waals surface area contributed by atoms with Crippen LogP contribution in [0.4, 0.5) is 0 Å². The molecule has 1 N–H and O–H groups in total. The first kappa shape index (κ1) is 12.1. The molecule has 2 aromatic rings. The molecule has 0 bridgehead atoms. The van der Waals surface area contributed by atoms with Gasteiger partial charge in [-0.3, -0.25) is 0 Å². The zero-order chi connectivity index (χ0) is 12.3. The molecule has 0 aliphatic carbocycles. The second-order valence-corrected chi connectivity index (χ2v) is 5.30. The van der Waals surface area contributed by atoms with Crippen LogP contribution in [-0.4, -0.2) is 21.0 Å². The minimum Gasteiger partial charge on any atom is -0.478 e. The van der Waals surface area contributed by atoms with E-state index < -0.39 is 5.97 Å². The molecule has 0 fully saturated rings. The summed E-state index contributed by atoms with van der Waals surface area (Å²) >= 11 is 3.10. The van der Waals surface area contributed by atoms with Gasteiger partial charge in [0.05, 0.1) is 16.3 Å². The maximum atomic E-state index is 10.8. The van der Waals surface area contributed by atoms with Crippen LogP contribution >= 0.6 is 23.1 Å². The van der Waals surface area contributed by atoms with Crippen LogP contribution in [0.25, 0.3) is 0 Å². The smallest absolute Gasteiger partial charge is 0.335 e. The van der Waals surface area contributed by atoms with E-state index >= 15 is 0 Å². The number of thioether (sulfide) groups is 1. The fraction of sp³-hybridized carbons (Fsp3) is 0.182. The van der Waals surface area contributed by atoms with Crippen molar-refractivity contribution in [2.75, 3.05) is 0 Å². The van der Waals surface area contributed by atoms with Gasteiger partial charge in [-0.15, -0.1) is 11.3 Å². The first-order valence-corrected chi connectivity index (χ1v) is 6.75. The molecule has 0 atom stereocenters. The van der Waals surface area contributed by atoms with Crippen LogP contribution in [0.15, 0.2) is 28.7 Å². The zero-order valence-electron chi connectivity index (χ0n) is 9.08. The Balaban J connectivity index is 2.04. The quantitative estimate of drug-likeness (QED) is 0.862. The molecule has 0 spiro atoms. The number of carboxylic acid groups (broad SMARTS) is 1. The Bertz CT molecular complexity index is 540. The van der Waals surface area contributed by atoms with Gasteiger partial charge in [-0.05, 0) is 19.1 Å². The lowest BCUT2D eigenvalue weighted by atomic mass is 10.3. The Labute approximate surface area is 107 Å². The van der Waals surface area contributed by atoms with Crippen molar-refractivity contribution in [1.29, 1.82) is 0 Å². The number of aromatic carboxylic acids is 1. The summed E-state index contributed by atoms with van der Waals surface area (Å²) in [6, 6.07) is 3.06. The highest BCUT2D eigenvalue weighted by Gasteiger charge is 2.06. The number of nitrogens with zero attached hydrogens (tertiary/aromatic N) is 2. The zero-order valence-corrected chi connectivity index (χ0v) is 10.7. The van der Waals surface area contributed by atoms with Crippen molar-refractivity contribution in [1.82, 2.24) is 9.97 Å². The lowest BCUT2D eigenvalue weighted by molar-refractivity contribution is 0.0696. The number of hydrogen-bond acceptors (Lipinski definition) is 5. The molecular formula is C11H10N2O2S2. The normalized spacial score (nSPS) is 10.4. The topological polar surface area (TPSA) is 63.1 Å². The van der Waals surface area contributed by atoms with E-state index in [0.717, 1.165) is 10.7 Å². The minimum atomic E-state index is -0.931. The van der Waals surface area contributed by atoms with Crippen LogP contribution in [0, 0.1) is 6.92 Å². The summed E-state index contributed by atoms with van der Waals surface area (Å²) in [4.78, 5) is 19.2. The van der Waals surface area contributed by atoms with Gasteiger partial charge in [0, 0.05) is 17.3 Å². The highest BCUT2D eigenvalue weighted by Crippen LogP contribution is 2.23. The predicted octanol–water partition coefficient (Wildman–Crippen LogP) is 2.84. The minimum absolute atomic E-state index is 0.262. The summed E-state index contributed by atoms with van der Waals surface area (Å²) in [5.74, 6) is -0.214. The summed E-state index contributed by atoms with van der Waals surface area (Å²) in [5.41, 5.74) is 1.27. The van der Waals surface area contributed by atoms with Crippen molar-refractivity contribution in [3.63, 3.8) is 0 Å². The third-order valence-corrected chi connectivity index (χ3v) is 4.08. The fourth-order valence-electron chi connectivity index (χ4n) is 1.23. The second-order valence-electron chi connectivity index (χ2n) is 3.36. The second kappa shape index (κ2) is 5.29. The Kier molecular flexibility index (Phi) is 3.75. The number of aromatic nitrogens is 2. The van der Waals surface area contributed by atoms with E-state index in [4.69, 9.17) is 5.11 Å². The van der Waals surface area contributed by atoms with E-state index in [-0.39, 0.29) is 5.56 Å². The van der Waals surface area contributed by atoms with Gasteiger partial charge in [-0.1, -0.05) is 11.8 Å². The van der Waals surface area contributed by atoms with Gasteiger partial charge >= 0.3 is 5.97 Å². The highest BCUT2D eigenvalue weighted by atomic mass is 32.2. The summed E-state index contributed by atoms with van der Waals surface area (Å²) in [5, 5.41) is 12.6. The van der Waals surface area contributed by atoms with Crippen molar-refractivity contribution in [2.45, 2.75) is 17.7 Å². The molecule has 0 unspecified atom stereocenters. The first-order chi connectivity index (χ1) is 8.15. The number of aryl methyl sites for hydroxylation is 1. The van der Waals surface area contributed by atoms with Gasteiger partial charge in [0.25, 0.3) is 0 Å². The number of carbonyl (C=O) groups is 1. The molecule has 2 heterocycles. The highest BCUT2D eigenvalue weighted by molar-refractivity contribution is 7.98. The van der Waals surface area contributed by atoms with E-state index in [1.807, 2.05) is 12.3 Å². The Morgan fingerprint density at radius 2 is 2.41 bits per heavy atom. The molecule has 0 aliphatic heterocycles. The molecule has 0 saturated carbocycles. The SMILES string of the molecule is Cc1csc(CSc2cc(C(=O)O)ccn2)n1. The summed E-state index contributed by atoms with van der Waals surface area (Å²) < 4.78 is 0. The Morgan fingerprint density at radius 3 is 3.06 bits per heavy atom. The molecule has 0 amide bonds. The number of thiazole rings is 1. The van der Waals surface area contributed by atoms with Crippen LogP contribution in [0.2, 0.25) is 0 Å². The van der Waals surface area contributed by atoms with Crippen LogP contribution in [0.3, 0.4) is 0 Å². The van der Waals surface area contributed by atoms with E-state index in [2.05, 4.69) is 9.97 Å². The van der Waals surface area contributed by atoms with Gasteiger partial charge in [-0.2, -0.15) is 0 Å². The van der Waals surface area contributed by atoms with Crippen molar-refractivity contribution in [3.05, 3.63) is 40.0 Å². The van der Waals surface area contributed by atoms with Crippen LogP contribution in [-0.2, 0) is 5.75 Å². The summed E-state index contributed by atoms with van der Waals surface area (Å²) in [6.07, 6.45) is 1.51. The summed E-state index contributed by atoms with van der Waals surface area (Å²) in [6.45, 7) is 1.95. The molecule has 4 nitrogen and oxygen atoms in total. The molecule has 6 heteroatoms. The van der Waals surface area contributed by atoms with Crippen LogP contribution in [0.5, 0.6) is 0 Å². The molecule has 0 radical (unpaired) electrons. The maximum Gasteiger partial charge on any atom is 0.335 e. The lowest BCUT2D eigenvalue weighted by Crippen LogP contribution is -1.96. The molecular weight excluding hydrogens is 256 g/mol. The summed E-state index contributed by atoms with van der Waals surface area (Å²) in [7, 11) is 0. The monoisotopic (exact) mass is 266 g/mol. The average molecular weight is 266 g/mol. The van der Waals surface area contributed by atoms with E-state index in [0.29, 0.717) is 10.8 Å². The van der Waals surface area contributed by atoms with E-state index in [1.165, 1.54) is 24.0 Å². The molecule has 2 rings (SSSR count). The largest absolute Gasteiger partial charge is 0.478 e. The van der Waals surface area contributed by atoms with Gasteiger partial charge in [0.15, 0.2) is 0 Å². The number of hydrogen-bond donors (Lipinski definition) is 1. The van der Waals surface area contributed by atoms with Crippen LogP contribution in [0.1, 0.15) is 21.1 Å². The molecule has 0 aliphatic rings. The molecule has 0 aromatic carbocycles. The van der Waals surface area contributed by atoms with Gasteiger partial charge in [-0.25, -0.2) is 14.8 Å². The fourth-order valence-corrected chi connectivity index (χ4v) is 2.91. The third-order valence-electron chi connectivity index (χ3n) is 1.99. The Hall–Kier alpha value is -1.40. The molecule has 88 valence electrons. The lowest BCUT2D eigenvalue weighted by Gasteiger charge is -1.99. The van der Waals surface area contributed by atoms with Crippen molar-refractivity contribution >= 4 is 29.1 Å². The van der Waals surface area contributed by atoms with Crippen molar-refractivity contribution in [2.24, 2.45) is 0 Å². The standard InChI is InChI=1S/C11H10N2O2S2/c1-7-5-16-10(13-7)6-17-9-4-8(11(14)15)2-3-12-9/h2-5H,6H2,1H3,(H,14,15). The number of carboxylic acids is 1. The van der Waals surface area contributed by atoms with Crippen molar-refractivity contribution < 1.29 is 9.90 Å². The van der Waals surface area contributed by atoms with Crippen molar-refractivity contribution in [3.8, 4) is 0 Å². The molecule has 17 heavy (non-hydrogen) atoms. The molecule has 2 aromatic heterocycles. The van der Waals surface area contributed by atoms with Gasteiger partial charge in [0.1, 0.15) is 5.01 Å². The van der Waals surface area contributed by atoms with Gasteiger partial charge < -0.3 is 5.11 Å². The number of rotatable bonds is 4. The van der Waals surface area contributed by atoms with E-state index in [9.17, 15) is 4.79 Å². The maximum absolute atomic E-state index is 10.8.